The van der Waals surface area contributed by atoms with Crippen molar-refractivity contribution in [2.24, 2.45) is 5.92 Å². The predicted molar refractivity (Wildman–Crippen MR) is 103 cm³/mol. The van der Waals surface area contributed by atoms with E-state index in [0.29, 0.717) is 12.2 Å². The number of alkyl halides is 3. The highest BCUT2D eigenvalue weighted by Gasteiger charge is 2.35. The quantitative estimate of drug-likeness (QED) is 0.653. The summed E-state index contributed by atoms with van der Waals surface area (Å²) >= 11 is 0. The largest absolute Gasteiger partial charge is 0.435 e. The van der Waals surface area contributed by atoms with Gasteiger partial charge < -0.3 is 5.32 Å². The summed E-state index contributed by atoms with van der Waals surface area (Å²) in [5.41, 5.74) is 2.69. The average molecular weight is 379 g/mol. The van der Waals surface area contributed by atoms with E-state index in [4.69, 9.17) is 0 Å². The van der Waals surface area contributed by atoms with Crippen molar-refractivity contribution < 1.29 is 13.2 Å². The second-order valence-corrected chi connectivity index (χ2v) is 7.39. The van der Waals surface area contributed by atoms with Crippen LogP contribution in [0.2, 0.25) is 0 Å². The third-order valence-electron chi connectivity index (χ3n) is 5.59. The van der Waals surface area contributed by atoms with Crippen molar-refractivity contribution in [1.29, 1.82) is 0 Å². The summed E-state index contributed by atoms with van der Waals surface area (Å²) < 4.78 is 40.6. The Morgan fingerprint density at radius 1 is 1.15 bits per heavy atom. The summed E-state index contributed by atoms with van der Waals surface area (Å²) in [5, 5.41) is 6.96. The highest BCUT2D eigenvalue weighted by atomic mass is 19.4. The number of nitrogens with one attached hydrogen (secondary N) is 1. The fourth-order valence-corrected chi connectivity index (χ4v) is 4.07. The summed E-state index contributed by atoms with van der Waals surface area (Å²) in [6, 6.07) is 7.02. The molecule has 148 valence electrons. The molecule has 1 aromatic heterocycles. The Balaban J connectivity index is 1.87. The molecular formula is C21H28F3N3. The van der Waals surface area contributed by atoms with Crippen LogP contribution in [-0.4, -0.2) is 16.8 Å². The minimum Gasteiger partial charge on any atom is -0.388 e. The molecule has 3 rings (SSSR count). The summed E-state index contributed by atoms with van der Waals surface area (Å²) in [6.07, 6.45) is 4.23. The Hall–Kier alpha value is -1.98. The van der Waals surface area contributed by atoms with Crippen LogP contribution in [0.3, 0.4) is 0 Å². The molecule has 0 bridgehead atoms. The van der Waals surface area contributed by atoms with Gasteiger partial charge >= 0.3 is 6.18 Å². The molecule has 1 heterocycles. The molecule has 3 nitrogen and oxygen atoms in total. The van der Waals surface area contributed by atoms with Gasteiger partial charge in [0, 0.05) is 24.8 Å². The number of hydrogen-bond donors (Lipinski definition) is 1. The Morgan fingerprint density at radius 2 is 1.89 bits per heavy atom. The minimum atomic E-state index is -4.43. The van der Waals surface area contributed by atoms with Crippen LogP contribution < -0.4 is 5.32 Å². The van der Waals surface area contributed by atoms with Crippen molar-refractivity contribution in [1.82, 2.24) is 9.78 Å². The van der Waals surface area contributed by atoms with Crippen molar-refractivity contribution in [3.8, 4) is 11.3 Å². The lowest BCUT2D eigenvalue weighted by molar-refractivity contribution is -0.141. The lowest BCUT2D eigenvalue weighted by atomic mass is 9.85. The number of anilines is 1. The van der Waals surface area contributed by atoms with Crippen LogP contribution in [0.25, 0.3) is 11.3 Å². The first-order chi connectivity index (χ1) is 12.9. The molecule has 27 heavy (non-hydrogen) atoms. The zero-order valence-electron chi connectivity index (χ0n) is 16.1. The third-order valence-corrected chi connectivity index (χ3v) is 5.59. The lowest BCUT2D eigenvalue weighted by Crippen LogP contribution is -2.08. The van der Waals surface area contributed by atoms with Crippen LogP contribution in [0.1, 0.15) is 56.7 Å². The normalized spacial score (nSPS) is 15.9. The van der Waals surface area contributed by atoms with Crippen molar-refractivity contribution in [3.05, 3.63) is 35.5 Å². The molecule has 1 saturated carbocycles. The topological polar surface area (TPSA) is 29.9 Å². The SMILES string of the molecule is CCn1nc(C(F)(F)F)cc1-c1ccc(NC)c(CCC2CCCCC2)c1. The maximum Gasteiger partial charge on any atom is 0.435 e. The molecule has 1 aromatic carbocycles. The Kier molecular flexibility index (Phi) is 6.12. The molecule has 1 N–H and O–H groups in total. The molecular weight excluding hydrogens is 351 g/mol. The number of nitrogens with zero attached hydrogens (tertiary/aromatic N) is 2. The number of aryl methyl sites for hydroxylation is 2. The number of halogens is 3. The van der Waals surface area contributed by atoms with E-state index in [1.165, 1.54) is 36.8 Å². The summed E-state index contributed by atoms with van der Waals surface area (Å²) in [4.78, 5) is 0. The second-order valence-electron chi connectivity index (χ2n) is 7.39. The van der Waals surface area contributed by atoms with E-state index in [1.54, 1.807) is 0 Å². The smallest absolute Gasteiger partial charge is 0.388 e. The fraction of sp³-hybridized carbons (Fsp3) is 0.571. The monoisotopic (exact) mass is 379 g/mol. The maximum atomic E-state index is 13.1. The van der Waals surface area contributed by atoms with E-state index in [0.717, 1.165) is 41.6 Å². The van der Waals surface area contributed by atoms with E-state index < -0.39 is 11.9 Å². The molecule has 2 aromatic rings. The predicted octanol–water partition coefficient (Wildman–Crippen LogP) is 6.14. The van der Waals surface area contributed by atoms with Gasteiger partial charge in [0.25, 0.3) is 0 Å². The molecule has 0 amide bonds. The lowest BCUT2D eigenvalue weighted by Gasteiger charge is -2.22. The molecule has 0 unspecified atom stereocenters. The van der Waals surface area contributed by atoms with Gasteiger partial charge in [-0.05, 0) is 49.4 Å². The Labute approximate surface area is 159 Å². The fourth-order valence-electron chi connectivity index (χ4n) is 4.07. The van der Waals surface area contributed by atoms with Gasteiger partial charge in [-0.25, -0.2) is 0 Å². The summed E-state index contributed by atoms with van der Waals surface area (Å²) in [7, 11) is 1.89. The highest BCUT2D eigenvalue weighted by molar-refractivity contribution is 5.66. The maximum absolute atomic E-state index is 13.1. The van der Waals surface area contributed by atoms with Gasteiger partial charge in [-0.15, -0.1) is 0 Å². The molecule has 0 spiro atoms. The van der Waals surface area contributed by atoms with Gasteiger partial charge in [0.05, 0.1) is 5.69 Å². The first-order valence-electron chi connectivity index (χ1n) is 9.88. The number of aromatic nitrogens is 2. The summed E-state index contributed by atoms with van der Waals surface area (Å²) in [5.74, 6) is 0.769. The second kappa shape index (κ2) is 8.36. The Morgan fingerprint density at radius 3 is 2.52 bits per heavy atom. The van der Waals surface area contributed by atoms with Crippen LogP contribution in [0, 0.1) is 5.92 Å². The Bertz CT molecular complexity index is 759. The van der Waals surface area contributed by atoms with Gasteiger partial charge in [-0.1, -0.05) is 38.2 Å². The molecule has 0 saturated heterocycles. The van der Waals surface area contributed by atoms with Crippen molar-refractivity contribution in [2.45, 2.75) is 64.6 Å². The van der Waals surface area contributed by atoms with Crippen LogP contribution in [0.4, 0.5) is 18.9 Å². The van der Waals surface area contributed by atoms with E-state index in [9.17, 15) is 13.2 Å². The van der Waals surface area contributed by atoms with Crippen molar-refractivity contribution in [3.63, 3.8) is 0 Å². The van der Waals surface area contributed by atoms with Crippen LogP contribution in [0.5, 0.6) is 0 Å². The zero-order chi connectivity index (χ0) is 19.4. The van der Waals surface area contributed by atoms with Gasteiger partial charge in [0.1, 0.15) is 0 Å². The average Bonchev–Trinajstić information content (AvgIpc) is 3.12. The van der Waals surface area contributed by atoms with Crippen LogP contribution in [0.15, 0.2) is 24.3 Å². The van der Waals surface area contributed by atoms with Crippen LogP contribution >= 0.6 is 0 Å². The molecule has 1 aliphatic carbocycles. The molecule has 1 fully saturated rings. The zero-order valence-corrected chi connectivity index (χ0v) is 16.1. The molecule has 0 aliphatic heterocycles. The minimum absolute atomic E-state index is 0.399. The van der Waals surface area contributed by atoms with Gasteiger partial charge in [0.2, 0.25) is 0 Å². The standard InChI is InChI=1S/C21H28F3N3/c1-3-27-19(14-20(26-27)21(22,23)24)17-11-12-18(25-2)16(13-17)10-9-15-7-5-4-6-8-15/h11-15,25H,3-10H2,1-2H3. The van der Waals surface area contributed by atoms with E-state index in [1.807, 2.05) is 32.2 Å². The van der Waals surface area contributed by atoms with E-state index in [-0.39, 0.29) is 0 Å². The number of rotatable bonds is 6. The van der Waals surface area contributed by atoms with Crippen molar-refractivity contribution >= 4 is 5.69 Å². The molecule has 0 radical (unpaired) electrons. The van der Waals surface area contributed by atoms with Gasteiger partial charge in [0.15, 0.2) is 5.69 Å². The number of hydrogen-bond acceptors (Lipinski definition) is 2. The highest BCUT2D eigenvalue weighted by Crippen LogP contribution is 2.34. The van der Waals surface area contributed by atoms with Gasteiger partial charge in [-0.3, -0.25) is 4.68 Å². The summed E-state index contributed by atoms with van der Waals surface area (Å²) in [6.45, 7) is 2.21. The van der Waals surface area contributed by atoms with E-state index in [2.05, 4.69) is 10.4 Å². The molecule has 6 heteroatoms. The van der Waals surface area contributed by atoms with Crippen LogP contribution in [-0.2, 0) is 19.1 Å². The number of benzene rings is 1. The van der Waals surface area contributed by atoms with Gasteiger partial charge in [-0.2, -0.15) is 18.3 Å². The first kappa shape index (κ1) is 19.8. The molecule has 0 atom stereocenters. The first-order valence-corrected chi connectivity index (χ1v) is 9.88. The molecule has 1 aliphatic rings. The third kappa shape index (κ3) is 4.66. The van der Waals surface area contributed by atoms with E-state index >= 15 is 0 Å². The van der Waals surface area contributed by atoms with Crippen molar-refractivity contribution in [2.75, 3.05) is 12.4 Å².